The van der Waals surface area contributed by atoms with Crippen molar-refractivity contribution in [3.63, 3.8) is 0 Å². The van der Waals surface area contributed by atoms with Crippen molar-refractivity contribution in [3.8, 4) is 0 Å². The van der Waals surface area contributed by atoms with Gasteiger partial charge in [0.1, 0.15) is 6.54 Å². The molecule has 1 saturated carbocycles. The molecule has 8 heteroatoms. The van der Waals surface area contributed by atoms with Crippen LogP contribution in [0.1, 0.15) is 25.5 Å². The lowest BCUT2D eigenvalue weighted by atomic mass is 10.4. The molecule has 19 heavy (non-hydrogen) atoms. The number of imide groups is 1. The Morgan fingerprint density at radius 1 is 1.47 bits per heavy atom. The number of rotatable bonds is 6. The van der Waals surface area contributed by atoms with Gasteiger partial charge in [0, 0.05) is 19.1 Å². The number of carbonyl (C=O) groups is 2. The molecule has 3 N–H and O–H groups in total. The smallest absolute Gasteiger partial charge is 0.321 e. The van der Waals surface area contributed by atoms with Gasteiger partial charge in [-0.1, -0.05) is 5.21 Å². The predicted molar refractivity (Wildman–Crippen MR) is 67.1 cm³/mol. The van der Waals surface area contributed by atoms with Gasteiger partial charge in [-0.2, -0.15) is 0 Å². The van der Waals surface area contributed by atoms with Gasteiger partial charge in [0.15, 0.2) is 0 Å². The van der Waals surface area contributed by atoms with E-state index in [9.17, 15) is 9.59 Å². The Morgan fingerprint density at radius 2 is 2.26 bits per heavy atom. The Kier molecular flexibility index (Phi) is 4.45. The summed E-state index contributed by atoms with van der Waals surface area (Å²) in [6.07, 6.45) is 4.12. The first kappa shape index (κ1) is 13.5. The van der Waals surface area contributed by atoms with Gasteiger partial charge >= 0.3 is 6.03 Å². The minimum absolute atomic E-state index is 0.0203. The van der Waals surface area contributed by atoms with Crippen molar-refractivity contribution in [2.24, 2.45) is 0 Å². The minimum Gasteiger partial charge on any atom is -0.338 e. The zero-order chi connectivity index (χ0) is 13.7. The maximum Gasteiger partial charge on any atom is 0.321 e. The first-order valence-electron chi connectivity index (χ1n) is 6.37. The van der Waals surface area contributed by atoms with Crippen LogP contribution in [0.25, 0.3) is 0 Å². The second-order valence-corrected chi connectivity index (χ2v) is 4.47. The summed E-state index contributed by atoms with van der Waals surface area (Å²) >= 11 is 0. The normalized spacial score (nSPS) is 14.2. The first-order valence-corrected chi connectivity index (χ1v) is 6.37. The van der Waals surface area contributed by atoms with Gasteiger partial charge in [-0.3, -0.25) is 10.1 Å². The standard InChI is InChI=1S/C11H18N6O2/c1-2-12-11(19)14-10(18)7-17-6-9(15-16-17)5-13-8-3-4-8/h6,8,13H,2-5,7H2,1H3,(H2,12,14,18,19). The van der Waals surface area contributed by atoms with Crippen molar-refractivity contribution in [1.29, 1.82) is 0 Å². The summed E-state index contributed by atoms with van der Waals surface area (Å²) in [5.41, 5.74) is 0.790. The molecular formula is C11H18N6O2. The molecule has 1 aliphatic carbocycles. The monoisotopic (exact) mass is 266 g/mol. The van der Waals surface area contributed by atoms with Crippen LogP contribution in [-0.2, 0) is 17.9 Å². The third-order valence-corrected chi connectivity index (χ3v) is 2.63. The fraction of sp³-hybridized carbons (Fsp3) is 0.636. The number of aromatic nitrogens is 3. The van der Waals surface area contributed by atoms with Gasteiger partial charge in [-0.05, 0) is 19.8 Å². The van der Waals surface area contributed by atoms with Crippen LogP contribution in [0.15, 0.2) is 6.20 Å². The molecule has 0 saturated heterocycles. The predicted octanol–water partition coefficient (Wildman–Crippen LogP) is -0.624. The number of amides is 3. The van der Waals surface area contributed by atoms with Gasteiger partial charge in [-0.15, -0.1) is 5.10 Å². The molecule has 3 amide bonds. The molecule has 0 atom stereocenters. The number of hydrogen-bond donors (Lipinski definition) is 3. The van der Waals surface area contributed by atoms with E-state index in [-0.39, 0.29) is 6.54 Å². The largest absolute Gasteiger partial charge is 0.338 e. The molecular weight excluding hydrogens is 248 g/mol. The zero-order valence-electron chi connectivity index (χ0n) is 10.8. The van der Waals surface area contributed by atoms with E-state index in [1.807, 2.05) is 0 Å². The van der Waals surface area contributed by atoms with E-state index in [2.05, 4.69) is 26.3 Å². The van der Waals surface area contributed by atoms with Crippen LogP contribution in [0.3, 0.4) is 0 Å². The molecule has 0 bridgehead atoms. The summed E-state index contributed by atoms with van der Waals surface area (Å²) in [4.78, 5) is 22.6. The molecule has 1 aromatic rings. The van der Waals surface area contributed by atoms with E-state index in [0.29, 0.717) is 19.1 Å². The van der Waals surface area contributed by atoms with Gasteiger partial charge in [0.05, 0.1) is 11.9 Å². The van der Waals surface area contributed by atoms with Crippen molar-refractivity contribution in [3.05, 3.63) is 11.9 Å². The topological polar surface area (TPSA) is 101 Å². The van der Waals surface area contributed by atoms with Crippen LogP contribution >= 0.6 is 0 Å². The fourth-order valence-electron chi connectivity index (χ4n) is 1.55. The van der Waals surface area contributed by atoms with E-state index >= 15 is 0 Å². The maximum absolute atomic E-state index is 11.5. The number of urea groups is 1. The molecule has 8 nitrogen and oxygen atoms in total. The fourth-order valence-corrected chi connectivity index (χ4v) is 1.55. The molecule has 0 radical (unpaired) electrons. The highest BCUT2D eigenvalue weighted by Gasteiger charge is 2.20. The Balaban J connectivity index is 1.74. The number of nitrogens with one attached hydrogen (secondary N) is 3. The highest BCUT2D eigenvalue weighted by Crippen LogP contribution is 2.18. The zero-order valence-corrected chi connectivity index (χ0v) is 10.8. The quantitative estimate of drug-likeness (QED) is 0.637. The molecule has 104 valence electrons. The Labute approximate surface area is 110 Å². The molecule has 2 rings (SSSR count). The minimum atomic E-state index is -0.497. The van der Waals surface area contributed by atoms with Crippen molar-refractivity contribution in [2.75, 3.05) is 6.54 Å². The van der Waals surface area contributed by atoms with Gasteiger partial charge in [-0.25, -0.2) is 9.48 Å². The molecule has 0 spiro atoms. The van der Waals surface area contributed by atoms with Crippen LogP contribution < -0.4 is 16.0 Å². The van der Waals surface area contributed by atoms with Crippen LogP contribution in [0.4, 0.5) is 4.79 Å². The van der Waals surface area contributed by atoms with E-state index in [1.54, 1.807) is 13.1 Å². The number of hydrogen-bond acceptors (Lipinski definition) is 5. The van der Waals surface area contributed by atoms with Gasteiger partial charge in [0.25, 0.3) is 0 Å². The van der Waals surface area contributed by atoms with Crippen LogP contribution in [-0.4, -0.2) is 39.5 Å². The number of carbonyl (C=O) groups excluding carboxylic acids is 2. The van der Waals surface area contributed by atoms with Crippen LogP contribution in [0, 0.1) is 0 Å². The average molecular weight is 266 g/mol. The number of nitrogens with zero attached hydrogens (tertiary/aromatic N) is 3. The van der Waals surface area contributed by atoms with E-state index in [1.165, 1.54) is 17.5 Å². The summed E-state index contributed by atoms with van der Waals surface area (Å²) < 4.78 is 1.42. The van der Waals surface area contributed by atoms with Crippen molar-refractivity contribution >= 4 is 11.9 Å². The van der Waals surface area contributed by atoms with Crippen molar-refractivity contribution < 1.29 is 9.59 Å². The van der Waals surface area contributed by atoms with Crippen LogP contribution in [0.2, 0.25) is 0 Å². The maximum atomic E-state index is 11.5. The van der Waals surface area contributed by atoms with E-state index in [0.717, 1.165) is 5.69 Å². The highest BCUT2D eigenvalue weighted by molar-refractivity contribution is 5.94. The summed E-state index contributed by atoms with van der Waals surface area (Å²) in [7, 11) is 0. The SMILES string of the molecule is CCNC(=O)NC(=O)Cn1cc(CNC2CC2)nn1. The lowest BCUT2D eigenvalue weighted by molar-refractivity contribution is -0.120. The van der Waals surface area contributed by atoms with Gasteiger partial charge < -0.3 is 10.6 Å². The Morgan fingerprint density at radius 3 is 2.95 bits per heavy atom. The third kappa shape index (κ3) is 4.66. The molecule has 0 aromatic carbocycles. The van der Waals surface area contributed by atoms with E-state index < -0.39 is 11.9 Å². The second-order valence-electron chi connectivity index (χ2n) is 4.47. The summed E-state index contributed by atoms with van der Waals surface area (Å²) in [6, 6.07) is 0.106. The van der Waals surface area contributed by atoms with Crippen LogP contribution in [0.5, 0.6) is 0 Å². The first-order chi connectivity index (χ1) is 9.17. The molecule has 0 unspecified atom stereocenters. The molecule has 1 aromatic heterocycles. The van der Waals surface area contributed by atoms with E-state index in [4.69, 9.17) is 0 Å². The summed E-state index contributed by atoms with van der Waals surface area (Å²) in [6.45, 7) is 2.89. The summed E-state index contributed by atoms with van der Waals surface area (Å²) in [5, 5.41) is 15.8. The molecule has 1 fully saturated rings. The van der Waals surface area contributed by atoms with Crippen molar-refractivity contribution in [1.82, 2.24) is 30.9 Å². The lowest BCUT2D eigenvalue weighted by Gasteiger charge is -2.03. The molecule has 1 aliphatic rings. The van der Waals surface area contributed by atoms with Crippen molar-refractivity contribution in [2.45, 2.75) is 38.9 Å². The highest BCUT2D eigenvalue weighted by atomic mass is 16.2. The lowest BCUT2D eigenvalue weighted by Crippen LogP contribution is -2.40. The van der Waals surface area contributed by atoms with Gasteiger partial charge in [0.2, 0.25) is 5.91 Å². The second kappa shape index (κ2) is 6.28. The molecule has 1 heterocycles. The Bertz CT molecular complexity index is 454. The average Bonchev–Trinajstić information content (AvgIpc) is 3.08. The third-order valence-electron chi connectivity index (χ3n) is 2.63. The Hall–Kier alpha value is -1.96. The molecule has 0 aliphatic heterocycles. The summed E-state index contributed by atoms with van der Waals surface area (Å²) in [5.74, 6) is -0.419.